The summed E-state index contributed by atoms with van der Waals surface area (Å²) in [6, 6.07) is 0.0601. The molecule has 1 aliphatic rings. The number of likely N-dealkylation sites (tertiary alicyclic amines) is 1. The number of carbonyl (C=O) groups is 1. The number of nitrogens with zero attached hydrogens (tertiary/aromatic N) is 2. The number of hydrogen-bond donors (Lipinski definition) is 2. The van der Waals surface area contributed by atoms with Gasteiger partial charge in [0.15, 0.2) is 0 Å². The molecule has 0 radical (unpaired) electrons. The molecule has 2 heterocycles. The highest BCUT2D eigenvalue weighted by atomic mass is 16.4. The van der Waals surface area contributed by atoms with E-state index in [2.05, 4.69) is 47.9 Å². The molecule has 1 fully saturated rings. The molecule has 0 bridgehead atoms. The molecule has 1 saturated heterocycles. The highest BCUT2D eigenvalue weighted by Gasteiger charge is 2.21. The Morgan fingerprint density at radius 3 is 2.62 bits per heavy atom. The Bertz CT molecular complexity index is 566. The molecule has 6 nitrogen and oxygen atoms in total. The second kappa shape index (κ2) is 7.83. The predicted octanol–water partition coefficient (Wildman–Crippen LogP) is 2.81. The van der Waals surface area contributed by atoms with Crippen LogP contribution in [0.4, 0.5) is 4.79 Å². The zero-order valence-electron chi connectivity index (χ0n) is 15.3. The molecular weight excluding hydrogens is 304 g/mol. The van der Waals surface area contributed by atoms with Crippen LogP contribution in [0.5, 0.6) is 0 Å². The maximum Gasteiger partial charge on any atom is 0.315 e. The van der Waals surface area contributed by atoms with Crippen LogP contribution in [-0.2, 0) is 12.0 Å². The van der Waals surface area contributed by atoms with E-state index in [1.54, 1.807) is 6.20 Å². The fourth-order valence-electron chi connectivity index (χ4n) is 2.75. The Labute approximate surface area is 144 Å². The highest BCUT2D eigenvalue weighted by molar-refractivity contribution is 5.74. The molecule has 2 amide bonds. The molecule has 0 aliphatic carbocycles. The van der Waals surface area contributed by atoms with Gasteiger partial charge in [0.25, 0.3) is 0 Å². The van der Waals surface area contributed by atoms with Crippen LogP contribution < -0.4 is 10.6 Å². The smallest absolute Gasteiger partial charge is 0.315 e. The van der Waals surface area contributed by atoms with Crippen molar-refractivity contribution in [1.29, 1.82) is 0 Å². The summed E-state index contributed by atoms with van der Waals surface area (Å²) in [6.07, 6.45) is 3.66. The van der Waals surface area contributed by atoms with Crippen LogP contribution in [-0.4, -0.2) is 41.6 Å². The molecule has 2 N–H and O–H groups in total. The summed E-state index contributed by atoms with van der Waals surface area (Å²) in [5.41, 5.74) is 1.10. The van der Waals surface area contributed by atoms with Crippen molar-refractivity contribution in [2.45, 2.75) is 58.5 Å². The van der Waals surface area contributed by atoms with Gasteiger partial charge < -0.3 is 15.1 Å². The first kappa shape index (κ1) is 18.5. The second-order valence-electron chi connectivity index (χ2n) is 7.70. The number of rotatable bonds is 5. The van der Waals surface area contributed by atoms with E-state index in [0.29, 0.717) is 12.4 Å². The molecular formula is C18H30N4O2. The highest BCUT2D eigenvalue weighted by Crippen LogP contribution is 2.22. The molecule has 1 aromatic heterocycles. The van der Waals surface area contributed by atoms with Crippen molar-refractivity contribution in [3.05, 3.63) is 30.0 Å². The summed E-state index contributed by atoms with van der Waals surface area (Å²) in [4.78, 5) is 18.6. The first-order chi connectivity index (χ1) is 11.2. The Kier molecular flexibility index (Phi) is 6.04. The van der Waals surface area contributed by atoms with Crippen LogP contribution >= 0.6 is 0 Å². The van der Waals surface area contributed by atoms with Gasteiger partial charge in [-0.2, -0.15) is 0 Å². The Hall–Kier alpha value is -1.82. The van der Waals surface area contributed by atoms with E-state index in [1.807, 2.05) is 6.92 Å². The van der Waals surface area contributed by atoms with E-state index in [0.717, 1.165) is 38.2 Å². The van der Waals surface area contributed by atoms with Crippen molar-refractivity contribution < 1.29 is 9.21 Å². The summed E-state index contributed by atoms with van der Waals surface area (Å²) in [5.74, 6) is 1.36. The molecule has 0 spiro atoms. The summed E-state index contributed by atoms with van der Waals surface area (Å²) in [5, 5.41) is 5.85. The van der Waals surface area contributed by atoms with E-state index >= 15 is 0 Å². The van der Waals surface area contributed by atoms with Crippen LogP contribution in [0.1, 0.15) is 52.2 Å². The predicted molar refractivity (Wildman–Crippen MR) is 94.9 cm³/mol. The second-order valence-corrected chi connectivity index (χ2v) is 7.70. The third-order valence-corrected chi connectivity index (χ3v) is 4.11. The van der Waals surface area contributed by atoms with Gasteiger partial charge in [0.1, 0.15) is 5.76 Å². The minimum absolute atomic E-state index is 0.0781. The molecule has 0 aromatic carbocycles. The number of hydrogen-bond acceptors (Lipinski definition) is 4. The lowest BCUT2D eigenvalue weighted by molar-refractivity contribution is 0.201. The summed E-state index contributed by atoms with van der Waals surface area (Å²) < 4.78 is 5.67. The maximum atomic E-state index is 12.0. The van der Waals surface area contributed by atoms with Crippen LogP contribution in [0.15, 0.2) is 22.8 Å². The van der Waals surface area contributed by atoms with Gasteiger partial charge >= 0.3 is 6.03 Å². The van der Waals surface area contributed by atoms with Gasteiger partial charge in [0.2, 0.25) is 5.89 Å². The van der Waals surface area contributed by atoms with Crippen LogP contribution in [0.25, 0.3) is 0 Å². The average Bonchev–Trinajstić information content (AvgIpc) is 2.96. The normalized spacial score (nSPS) is 16.8. The van der Waals surface area contributed by atoms with Crippen molar-refractivity contribution in [3.63, 3.8) is 0 Å². The van der Waals surface area contributed by atoms with Crippen molar-refractivity contribution in [3.8, 4) is 0 Å². The summed E-state index contributed by atoms with van der Waals surface area (Å²) >= 11 is 0. The molecule has 0 saturated carbocycles. The molecule has 0 atom stereocenters. The van der Waals surface area contributed by atoms with Crippen LogP contribution in [0, 0.1) is 0 Å². The molecule has 1 aromatic rings. The first-order valence-corrected chi connectivity index (χ1v) is 8.60. The number of urea groups is 1. The van der Waals surface area contributed by atoms with E-state index in [-0.39, 0.29) is 17.5 Å². The maximum absolute atomic E-state index is 12.0. The van der Waals surface area contributed by atoms with Gasteiger partial charge in [-0.05, 0) is 19.8 Å². The monoisotopic (exact) mass is 334 g/mol. The molecule has 0 unspecified atom stereocenters. The fraction of sp³-hybridized carbons (Fsp3) is 0.667. The molecule has 134 valence electrons. The van der Waals surface area contributed by atoms with Crippen molar-refractivity contribution in [2.24, 2.45) is 0 Å². The Morgan fingerprint density at radius 1 is 1.42 bits per heavy atom. The number of amides is 2. The Morgan fingerprint density at radius 2 is 2.08 bits per heavy atom. The van der Waals surface area contributed by atoms with Gasteiger partial charge in [0.05, 0.1) is 12.7 Å². The van der Waals surface area contributed by atoms with E-state index in [9.17, 15) is 4.79 Å². The zero-order valence-corrected chi connectivity index (χ0v) is 15.3. The largest absolute Gasteiger partial charge is 0.443 e. The number of nitrogens with one attached hydrogen (secondary N) is 2. The number of piperidine rings is 1. The average molecular weight is 334 g/mol. The van der Waals surface area contributed by atoms with Gasteiger partial charge in [-0.1, -0.05) is 32.9 Å². The minimum Gasteiger partial charge on any atom is -0.443 e. The first-order valence-electron chi connectivity index (χ1n) is 8.60. The number of aromatic nitrogens is 1. The molecule has 2 rings (SSSR count). The van der Waals surface area contributed by atoms with Crippen molar-refractivity contribution >= 4 is 6.03 Å². The SMILES string of the molecule is C=C(C)CN1CCC(NC(=O)NCc2ncc(C(C)(C)C)o2)CC1. The quantitative estimate of drug-likeness (QED) is 0.812. The topological polar surface area (TPSA) is 70.4 Å². The van der Waals surface area contributed by atoms with E-state index < -0.39 is 0 Å². The van der Waals surface area contributed by atoms with Crippen molar-refractivity contribution in [2.75, 3.05) is 19.6 Å². The van der Waals surface area contributed by atoms with Gasteiger partial charge in [-0.15, -0.1) is 0 Å². The standard InChI is InChI=1S/C18H30N4O2/c1-13(2)12-22-8-6-14(7-9-22)21-17(23)20-11-16-19-10-15(24-16)18(3,4)5/h10,14H,1,6-9,11-12H2,2-5H3,(H2,20,21,23). The van der Waals surface area contributed by atoms with E-state index in [4.69, 9.17) is 4.42 Å². The lowest BCUT2D eigenvalue weighted by atomic mass is 9.94. The molecule has 6 heteroatoms. The van der Waals surface area contributed by atoms with Gasteiger partial charge in [0, 0.05) is 31.1 Å². The zero-order chi connectivity index (χ0) is 17.7. The lowest BCUT2D eigenvalue weighted by Crippen LogP contribution is -2.47. The third kappa shape index (κ3) is 5.67. The molecule has 1 aliphatic heterocycles. The number of oxazole rings is 1. The van der Waals surface area contributed by atoms with Gasteiger partial charge in [-0.25, -0.2) is 9.78 Å². The fourth-order valence-corrected chi connectivity index (χ4v) is 2.75. The lowest BCUT2D eigenvalue weighted by Gasteiger charge is -2.32. The van der Waals surface area contributed by atoms with Crippen LogP contribution in [0.2, 0.25) is 0 Å². The van der Waals surface area contributed by atoms with Gasteiger partial charge in [-0.3, -0.25) is 4.90 Å². The number of carbonyl (C=O) groups excluding carboxylic acids is 1. The molecule has 24 heavy (non-hydrogen) atoms. The minimum atomic E-state index is -0.163. The Balaban J connectivity index is 1.70. The summed E-state index contributed by atoms with van der Waals surface area (Å²) in [7, 11) is 0. The summed E-state index contributed by atoms with van der Waals surface area (Å²) in [6.45, 7) is 15.4. The van der Waals surface area contributed by atoms with Crippen LogP contribution in [0.3, 0.4) is 0 Å². The van der Waals surface area contributed by atoms with Crippen molar-refractivity contribution in [1.82, 2.24) is 20.5 Å². The third-order valence-electron chi connectivity index (χ3n) is 4.11. The van der Waals surface area contributed by atoms with E-state index in [1.165, 1.54) is 5.57 Å².